The van der Waals surface area contributed by atoms with Gasteiger partial charge in [-0.25, -0.2) is 0 Å². The molecule has 0 bridgehead atoms. The summed E-state index contributed by atoms with van der Waals surface area (Å²) in [6.45, 7) is 0.617. The van der Waals surface area contributed by atoms with Crippen LogP contribution < -0.4 is 4.74 Å². The number of aromatic nitrogens is 1. The van der Waals surface area contributed by atoms with Gasteiger partial charge < -0.3 is 9.64 Å². The summed E-state index contributed by atoms with van der Waals surface area (Å²) < 4.78 is 6.45. The maximum atomic E-state index is 13.2. The number of hydrogen-bond donors (Lipinski definition) is 0. The molecule has 10 heteroatoms. The van der Waals surface area contributed by atoms with Gasteiger partial charge in [-0.2, -0.15) is 0 Å². The predicted molar refractivity (Wildman–Crippen MR) is 130 cm³/mol. The molecule has 0 fully saturated rings. The molecule has 1 aromatic heterocycles. The molecule has 0 atom stereocenters. The van der Waals surface area contributed by atoms with E-state index in [0.29, 0.717) is 30.9 Å². The average Bonchev–Trinajstić information content (AvgIpc) is 2.70. The van der Waals surface area contributed by atoms with Crippen LogP contribution in [0.15, 0.2) is 53.3 Å². The molecule has 0 N–H and O–H groups in total. The van der Waals surface area contributed by atoms with Crippen LogP contribution >= 0.6 is 73.9 Å². The van der Waals surface area contributed by atoms with E-state index in [2.05, 4.69) is 20.9 Å². The van der Waals surface area contributed by atoms with Crippen LogP contribution in [0, 0.1) is 0 Å². The third-order valence-corrected chi connectivity index (χ3v) is 5.99. The van der Waals surface area contributed by atoms with E-state index in [0.717, 1.165) is 5.56 Å². The van der Waals surface area contributed by atoms with Crippen LogP contribution in [-0.2, 0) is 6.54 Å². The molecule has 0 saturated carbocycles. The first kappa shape index (κ1) is 24.4. The lowest BCUT2D eigenvalue weighted by Gasteiger charge is -2.24. The highest BCUT2D eigenvalue weighted by Crippen LogP contribution is 2.35. The topological polar surface area (TPSA) is 42.4 Å². The maximum Gasteiger partial charge on any atom is 0.255 e. The van der Waals surface area contributed by atoms with Crippen molar-refractivity contribution in [2.45, 2.75) is 6.54 Å². The molecule has 3 aromatic rings. The van der Waals surface area contributed by atoms with Crippen molar-refractivity contribution in [3.8, 4) is 5.75 Å². The van der Waals surface area contributed by atoms with Crippen molar-refractivity contribution in [1.29, 1.82) is 0 Å². The van der Waals surface area contributed by atoms with E-state index in [1.807, 2.05) is 0 Å². The molecule has 0 aliphatic carbocycles. The van der Waals surface area contributed by atoms with Gasteiger partial charge in [0.1, 0.15) is 6.61 Å². The maximum absolute atomic E-state index is 13.2. The Morgan fingerprint density at radius 2 is 1.61 bits per heavy atom. The number of pyridine rings is 1. The lowest BCUT2D eigenvalue weighted by Crippen LogP contribution is -2.34. The van der Waals surface area contributed by atoms with Gasteiger partial charge in [0.15, 0.2) is 5.75 Å². The third kappa shape index (κ3) is 6.64. The fraction of sp³-hybridized carbons (Fsp3) is 0.143. The van der Waals surface area contributed by atoms with Crippen molar-refractivity contribution in [3.63, 3.8) is 0 Å². The first-order chi connectivity index (χ1) is 14.7. The van der Waals surface area contributed by atoms with Crippen molar-refractivity contribution in [3.05, 3.63) is 89.5 Å². The summed E-state index contributed by atoms with van der Waals surface area (Å²) in [5.74, 6) is 0.0606. The summed E-state index contributed by atoms with van der Waals surface area (Å²) in [6, 6.07) is 9.89. The Hall–Kier alpha value is -1.21. The molecule has 0 aliphatic heterocycles. The second-order valence-electron chi connectivity index (χ2n) is 6.40. The highest BCUT2D eigenvalue weighted by molar-refractivity contribution is 9.10. The third-order valence-electron chi connectivity index (χ3n) is 4.19. The van der Waals surface area contributed by atoms with Crippen LogP contribution in [0.5, 0.6) is 5.75 Å². The zero-order valence-electron chi connectivity index (χ0n) is 15.7. The molecule has 0 spiro atoms. The second kappa shape index (κ2) is 11.1. The molecule has 0 unspecified atom stereocenters. The van der Waals surface area contributed by atoms with Crippen molar-refractivity contribution in [2.75, 3.05) is 13.2 Å². The van der Waals surface area contributed by atoms with Crippen LogP contribution in [0.25, 0.3) is 0 Å². The van der Waals surface area contributed by atoms with Gasteiger partial charge in [-0.15, -0.1) is 0 Å². The Balaban J connectivity index is 1.81. The SMILES string of the molecule is O=C(c1cncc(Br)c1)N(CCOc1c(Cl)cc(Cl)cc1Cl)Cc1ccc(Cl)cc1Cl. The Kier molecular flexibility index (Phi) is 8.74. The van der Waals surface area contributed by atoms with E-state index in [4.69, 9.17) is 62.7 Å². The summed E-state index contributed by atoms with van der Waals surface area (Å²) in [7, 11) is 0. The smallest absolute Gasteiger partial charge is 0.255 e. The molecule has 0 saturated heterocycles. The van der Waals surface area contributed by atoms with E-state index < -0.39 is 0 Å². The minimum absolute atomic E-state index is 0.138. The Labute approximate surface area is 213 Å². The van der Waals surface area contributed by atoms with Crippen molar-refractivity contribution in [1.82, 2.24) is 9.88 Å². The second-order valence-corrected chi connectivity index (χ2v) is 9.41. The number of ether oxygens (including phenoxy) is 1. The predicted octanol–water partition coefficient (Wildman–Crippen LogP) is 7.83. The lowest BCUT2D eigenvalue weighted by molar-refractivity contribution is 0.0716. The molecule has 1 amide bonds. The number of carbonyl (C=O) groups is 1. The van der Waals surface area contributed by atoms with Crippen molar-refractivity contribution >= 4 is 79.8 Å². The molecule has 3 rings (SSSR count). The lowest BCUT2D eigenvalue weighted by atomic mass is 10.2. The van der Waals surface area contributed by atoms with E-state index >= 15 is 0 Å². The van der Waals surface area contributed by atoms with E-state index in [1.54, 1.807) is 35.4 Å². The van der Waals surface area contributed by atoms with Gasteiger partial charge in [0, 0.05) is 38.5 Å². The Bertz CT molecular complexity index is 1090. The molecule has 31 heavy (non-hydrogen) atoms. The van der Waals surface area contributed by atoms with Gasteiger partial charge in [0.25, 0.3) is 5.91 Å². The first-order valence-electron chi connectivity index (χ1n) is 8.85. The number of hydrogen-bond acceptors (Lipinski definition) is 3. The normalized spacial score (nSPS) is 10.8. The van der Waals surface area contributed by atoms with Gasteiger partial charge in [0.05, 0.1) is 22.2 Å². The summed E-state index contributed by atoms with van der Waals surface area (Å²) in [5, 5.41) is 1.94. The van der Waals surface area contributed by atoms with Gasteiger partial charge in [-0.1, -0.05) is 64.1 Å². The van der Waals surface area contributed by atoms with Gasteiger partial charge >= 0.3 is 0 Å². The number of nitrogens with zero attached hydrogens (tertiary/aromatic N) is 2. The zero-order valence-corrected chi connectivity index (χ0v) is 21.1. The first-order valence-corrected chi connectivity index (χ1v) is 11.5. The minimum atomic E-state index is -0.239. The highest BCUT2D eigenvalue weighted by Gasteiger charge is 2.19. The molecule has 0 aliphatic rings. The number of rotatable bonds is 7. The quantitative estimate of drug-likeness (QED) is 0.285. The van der Waals surface area contributed by atoms with Crippen LogP contribution in [0.3, 0.4) is 0 Å². The molecule has 162 valence electrons. The standard InChI is InChI=1S/C21H14BrCl5N2O2/c22-14-5-13(9-28-10-14)21(30)29(11-12-1-2-15(23)6-17(12)25)3-4-31-20-18(26)7-16(24)8-19(20)27/h1-2,5-10H,3-4,11H2. The highest BCUT2D eigenvalue weighted by atomic mass is 79.9. The fourth-order valence-electron chi connectivity index (χ4n) is 2.74. The van der Waals surface area contributed by atoms with Crippen LogP contribution in [0.1, 0.15) is 15.9 Å². The van der Waals surface area contributed by atoms with Crippen molar-refractivity contribution < 1.29 is 9.53 Å². The van der Waals surface area contributed by atoms with E-state index in [9.17, 15) is 4.79 Å². The van der Waals surface area contributed by atoms with Crippen LogP contribution in [0.4, 0.5) is 0 Å². The average molecular weight is 584 g/mol. The minimum Gasteiger partial charge on any atom is -0.489 e. The monoisotopic (exact) mass is 580 g/mol. The molecule has 0 radical (unpaired) electrons. The van der Waals surface area contributed by atoms with E-state index in [1.165, 1.54) is 18.3 Å². The summed E-state index contributed by atoms with van der Waals surface area (Å²) in [4.78, 5) is 18.8. The molecule has 1 heterocycles. The van der Waals surface area contributed by atoms with Crippen molar-refractivity contribution in [2.24, 2.45) is 0 Å². The van der Waals surface area contributed by atoms with Gasteiger partial charge in [0.2, 0.25) is 0 Å². The summed E-state index contributed by atoms with van der Waals surface area (Å²) >= 11 is 33.9. The Morgan fingerprint density at radius 3 is 2.26 bits per heavy atom. The number of amides is 1. The Morgan fingerprint density at radius 1 is 0.935 bits per heavy atom. The molecular weight excluding hydrogens is 569 g/mol. The zero-order chi connectivity index (χ0) is 22.5. The molecular formula is C21H14BrCl5N2O2. The molecule has 2 aromatic carbocycles. The number of halogens is 6. The summed E-state index contributed by atoms with van der Waals surface area (Å²) in [5.41, 5.74) is 1.16. The molecule has 4 nitrogen and oxygen atoms in total. The van der Waals surface area contributed by atoms with Gasteiger partial charge in [-0.05, 0) is 51.8 Å². The van der Waals surface area contributed by atoms with Crippen LogP contribution in [0.2, 0.25) is 25.1 Å². The summed E-state index contributed by atoms with van der Waals surface area (Å²) in [6.07, 6.45) is 3.10. The largest absolute Gasteiger partial charge is 0.489 e. The van der Waals surface area contributed by atoms with Crippen LogP contribution in [-0.4, -0.2) is 28.9 Å². The number of benzene rings is 2. The van der Waals surface area contributed by atoms with Gasteiger partial charge in [-0.3, -0.25) is 9.78 Å². The van der Waals surface area contributed by atoms with E-state index in [-0.39, 0.29) is 35.6 Å². The fourth-order valence-corrected chi connectivity index (χ4v) is 4.50. The number of carbonyl (C=O) groups excluding carboxylic acids is 1.